The smallest absolute Gasteiger partial charge is 0.137 e. The molecule has 0 amide bonds. The number of rotatable bonds is 3. The molecule has 2 atom stereocenters. The van der Waals surface area contributed by atoms with Crippen molar-refractivity contribution in [2.24, 2.45) is 5.92 Å². The Hall–Kier alpha value is -0.370. The summed E-state index contributed by atoms with van der Waals surface area (Å²) in [5.41, 5.74) is 0. The van der Waals surface area contributed by atoms with E-state index in [4.69, 9.17) is 0 Å². The molecule has 13 heavy (non-hydrogen) atoms. The lowest BCUT2D eigenvalue weighted by atomic mass is 9.97. The fourth-order valence-electron chi connectivity index (χ4n) is 1.95. The third-order valence-corrected chi connectivity index (χ3v) is 2.65. The first-order valence-electron chi connectivity index (χ1n) is 5.49. The molecule has 0 heterocycles. The van der Waals surface area contributed by atoms with Crippen molar-refractivity contribution in [3.63, 3.8) is 0 Å². The highest BCUT2D eigenvalue weighted by molar-refractivity contribution is 5.81. The van der Waals surface area contributed by atoms with Crippen molar-refractivity contribution in [2.45, 2.75) is 52.5 Å². The highest BCUT2D eigenvalue weighted by Crippen LogP contribution is 2.26. The van der Waals surface area contributed by atoms with E-state index in [2.05, 4.69) is 5.32 Å². The lowest BCUT2D eigenvalue weighted by Gasteiger charge is -2.16. The summed E-state index contributed by atoms with van der Waals surface area (Å²) in [6.07, 6.45) is 4.18. The Morgan fingerprint density at radius 2 is 2.00 bits per heavy atom. The number of nitrogens with one attached hydrogen (secondary N) is 1. The summed E-state index contributed by atoms with van der Waals surface area (Å²) in [6.45, 7) is 5.95. The lowest BCUT2D eigenvalue weighted by molar-refractivity contribution is -0.122. The fraction of sp³-hybridized carbons (Fsp3) is 0.909. The molecule has 0 aromatic carbocycles. The Morgan fingerprint density at radius 1 is 1.38 bits per heavy atom. The zero-order chi connectivity index (χ0) is 10.3. The first kappa shape index (κ1) is 12.6. The minimum absolute atomic E-state index is 0.310. The zero-order valence-electron chi connectivity index (χ0n) is 9.39. The van der Waals surface area contributed by atoms with Crippen molar-refractivity contribution in [1.82, 2.24) is 5.32 Å². The van der Waals surface area contributed by atoms with E-state index in [9.17, 15) is 4.79 Å². The molecule has 1 fully saturated rings. The van der Waals surface area contributed by atoms with Gasteiger partial charge in [0.15, 0.2) is 0 Å². The van der Waals surface area contributed by atoms with Crippen LogP contribution in [0.15, 0.2) is 0 Å². The number of carbonyl (C=O) groups is 1. The van der Waals surface area contributed by atoms with Gasteiger partial charge in [0.25, 0.3) is 0 Å². The molecule has 0 aromatic rings. The quantitative estimate of drug-likeness (QED) is 0.731. The minimum Gasteiger partial charge on any atom is -0.316 e. The molecule has 0 bridgehead atoms. The SMILES string of the molecule is CC.CCC(=O)C1CCC[C@@H]1NC. The van der Waals surface area contributed by atoms with E-state index in [1.165, 1.54) is 12.8 Å². The summed E-state index contributed by atoms with van der Waals surface area (Å²) < 4.78 is 0. The Kier molecular flexibility index (Phi) is 6.87. The van der Waals surface area contributed by atoms with Crippen LogP contribution in [0, 0.1) is 5.92 Å². The Morgan fingerprint density at radius 3 is 2.46 bits per heavy atom. The summed E-state index contributed by atoms with van der Waals surface area (Å²) >= 11 is 0. The number of Topliss-reactive ketones (excluding diaryl/α,β-unsaturated/α-hetero) is 1. The second-order valence-corrected chi connectivity index (χ2v) is 3.25. The van der Waals surface area contributed by atoms with Gasteiger partial charge in [-0.2, -0.15) is 0 Å². The molecule has 1 N–H and O–H groups in total. The zero-order valence-corrected chi connectivity index (χ0v) is 9.39. The molecule has 1 aliphatic carbocycles. The molecule has 1 unspecified atom stereocenters. The van der Waals surface area contributed by atoms with Crippen molar-refractivity contribution in [1.29, 1.82) is 0 Å². The van der Waals surface area contributed by atoms with Crippen LogP contribution in [0.5, 0.6) is 0 Å². The first-order valence-corrected chi connectivity index (χ1v) is 5.49. The van der Waals surface area contributed by atoms with Crippen LogP contribution in [-0.4, -0.2) is 18.9 Å². The molecule has 0 aliphatic heterocycles. The minimum atomic E-state index is 0.310. The van der Waals surface area contributed by atoms with Crippen molar-refractivity contribution in [3.8, 4) is 0 Å². The fourth-order valence-corrected chi connectivity index (χ4v) is 1.95. The predicted molar refractivity (Wildman–Crippen MR) is 56.8 cm³/mol. The van der Waals surface area contributed by atoms with Crippen LogP contribution in [-0.2, 0) is 4.79 Å². The number of carbonyl (C=O) groups excluding carboxylic acids is 1. The van der Waals surface area contributed by atoms with Gasteiger partial charge in [0.2, 0.25) is 0 Å². The van der Waals surface area contributed by atoms with Crippen LogP contribution in [0.2, 0.25) is 0 Å². The maximum atomic E-state index is 11.3. The number of hydrogen-bond acceptors (Lipinski definition) is 2. The highest BCUT2D eigenvalue weighted by atomic mass is 16.1. The first-order chi connectivity index (χ1) is 6.29. The van der Waals surface area contributed by atoms with Crippen LogP contribution >= 0.6 is 0 Å². The summed E-state index contributed by atoms with van der Waals surface area (Å²) in [6, 6.07) is 0.461. The standard InChI is InChI=1S/C9H17NO.C2H6/c1-3-9(11)7-5-4-6-8(7)10-2;1-2/h7-8,10H,3-6H2,1-2H3;1-2H3/t7?,8-;/m0./s1. The van der Waals surface area contributed by atoms with E-state index >= 15 is 0 Å². The van der Waals surface area contributed by atoms with Crippen LogP contribution in [0.4, 0.5) is 0 Å². The van der Waals surface area contributed by atoms with Crippen LogP contribution in [0.25, 0.3) is 0 Å². The molecule has 1 saturated carbocycles. The van der Waals surface area contributed by atoms with Gasteiger partial charge < -0.3 is 5.32 Å². The van der Waals surface area contributed by atoms with Crippen LogP contribution < -0.4 is 5.32 Å². The monoisotopic (exact) mass is 185 g/mol. The van der Waals surface area contributed by atoms with Gasteiger partial charge in [-0.25, -0.2) is 0 Å². The highest BCUT2D eigenvalue weighted by Gasteiger charge is 2.30. The van der Waals surface area contributed by atoms with E-state index < -0.39 is 0 Å². The van der Waals surface area contributed by atoms with Gasteiger partial charge in [-0.3, -0.25) is 4.79 Å². The number of ketones is 1. The summed E-state index contributed by atoms with van der Waals surface area (Å²) in [4.78, 5) is 11.3. The van der Waals surface area contributed by atoms with Gasteiger partial charge in [-0.05, 0) is 19.9 Å². The molecule has 78 valence electrons. The molecule has 1 aliphatic rings. The molecule has 0 saturated heterocycles. The predicted octanol–water partition coefficient (Wildman–Crippen LogP) is 2.38. The van der Waals surface area contributed by atoms with Crippen molar-refractivity contribution in [2.75, 3.05) is 7.05 Å². The Bertz CT molecular complexity index is 145. The molecule has 2 heteroatoms. The molecule has 0 spiro atoms. The van der Waals surface area contributed by atoms with Crippen molar-refractivity contribution in [3.05, 3.63) is 0 Å². The van der Waals surface area contributed by atoms with Gasteiger partial charge in [-0.1, -0.05) is 27.2 Å². The summed E-state index contributed by atoms with van der Waals surface area (Å²) in [5, 5.41) is 3.21. The van der Waals surface area contributed by atoms with E-state index in [0.29, 0.717) is 24.2 Å². The lowest BCUT2D eigenvalue weighted by Crippen LogP contribution is -2.33. The topological polar surface area (TPSA) is 29.1 Å². The Balaban J connectivity index is 0.000000671. The third-order valence-electron chi connectivity index (χ3n) is 2.65. The van der Waals surface area contributed by atoms with E-state index in [0.717, 1.165) is 6.42 Å². The van der Waals surface area contributed by atoms with Crippen molar-refractivity contribution < 1.29 is 4.79 Å². The van der Waals surface area contributed by atoms with E-state index in [-0.39, 0.29) is 0 Å². The Labute approximate surface area is 82.1 Å². The molecule has 0 radical (unpaired) electrons. The van der Waals surface area contributed by atoms with Gasteiger partial charge in [0, 0.05) is 18.4 Å². The van der Waals surface area contributed by atoms with Gasteiger partial charge in [-0.15, -0.1) is 0 Å². The van der Waals surface area contributed by atoms with Crippen LogP contribution in [0.3, 0.4) is 0 Å². The molecular weight excluding hydrogens is 162 g/mol. The maximum Gasteiger partial charge on any atom is 0.137 e. The van der Waals surface area contributed by atoms with E-state index in [1.54, 1.807) is 0 Å². The molecule has 2 nitrogen and oxygen atoms in total. The average Bonchev–Trinajstić information content (AvgIpc) is 2.67. The molecule has 0 aromatic heterocycles. The second-order valence-electron chi connectivity index (χ2n) is 3.25. The van der Waals surface area contributed by atoms with Crippen molar-refractivity contribution >= 4 is 5.78 Å². The molecule has 1 rings (SSSR count). The largest absolute Gasteiger partial charge is 0.316 e. The van der Waals surface area contributed by atoms with Gasteiger partial charge in [0.05, 0.1) is 0 Å². The number of hydrogen-bond donors (Lipinski definition) is 1. The average molecular weight is 185 g/mol. The summed E-state index contributed by atoms with van der Waals surface area (Å²) in [7, 11) is 1.95. The van der Waals surface area contributed by atoms with E-state index in [1.807, 2.05) is 27.8 Å². The molecular formula is C11H23NO. The summed E-state index contributed by atoms with van der Waals surface area (Å²) in [5.74, 6) is 0.742. The van der Waals surface area contributed by atoms with Gasteiger partial charge >= 0.3 is 0 Å². The normalized spacial score (nSPS) is 26.5. The maximum absolute atomic E-state index is 11.3. The second kappa shape index (κ2) is 7.07. The third kappa shape index (κ3) is 3.47. The van der Waals surface area contributed by atoms with Gasteiger partial charge in [0.1, 0.15) is 5.78 Å². The van der Waals surface area contributed by atoms with Crippen LogP contribution in [0.1, 0.15) is 46.5 Å².